The van der Waals surface area contributed by atoms with E-state index in [0.29, 0.717) is 11.5 Å². The van der Waals surface area contributed by atoms with Gasteiger partial charge in [-0.15, -0.1) is 0 Å². The summed E-state index contributed by atoms with van der Waals surface area (Å²) in [4.78, 5) is 19.7. The van der Waals surface area contributed by atoms with Crippen molar-refractivity contribution in [2.24, 2.45) is 5.92 Å². The predicted molar refractivity (Wildman–Crippen MR) is 118 cm³/mol. The maximum absolute atomic E-state index is 12.9. The van der Waals surface area contributed by atoms with Crippen molar-refractivity contribution < 1.29 is 4.74 Å². The first-order valence-corrected chi connectivity index (χ1v) is 10.6. The fraction of sp³-hybridized carbons (Fsp3) is 0.320. The molecule has 6 nitrogen and oxygen atoms in total. The molecule has 1 saturated heterocycles. The van der Waals surface area contributed by atoms with Crippen molar-refractivity contribution in [2.45, 2.75) is 24.8 Å². The molecule has 0 unspecified atom stereocenters. The molecular weight excluding hydrogens is 388 g/mol. The second-order valence-corrected chi connectivity index (χ2v) is 8.39. The molecule has 0 saturated carbocycles. The Balaban J connectivity index is 1.54. The molecule has 0 aliphatic carbocycles. The van der Waals surface area contributed by atoms with Crippen LogP contribution in [0.3, 0.4) is 0 Å². The second-order valence-electron chi connectivity index (χ2n) is 8.39. The third-order valence-electron chi connectivity index (χ3n) is 6.58. The highest BCUT2D eigenvalue weighted by atomic mass is 16.5. The van der Waals surface area contributed by atoms with Gasteiger partial charge in [-0.25, -0.2) is 4.98 Å². The van der Waals surface area contributed by atoms with Crippen molar-refractivity contribution in [1.29, 1.82) is 5.26 Å². The summed E-state index contributed by atoms with van der Waals surface area (Å²) in [5.41, 5.74) is 2.94. The average molecular weight is 412 g/mol. The normalized spacial score (nSPS) is 21.8. The minimum Gasteiger partial charge on any atom is -0.497 e. The van der Waals surface area contributed by atoms with Gasteiger partial charge in [-0.05, 0) is 54.7 Å². The van der Waals surface area contributed by atoms with Gasteiger partial charge in [0, 0.05) is 43.0 Å². The van der Waals surface area contributed by atoms with Gasteiger partial charge in [-0.2, -0.15) is 5.26 Å². The third-order valence-corrected chi connectivity index (χ3v) is 6.58. The number of rotatable bonds is 4. The summed E-state index contributed by atoms with van der Waals surface area (Å²) >= 11 is 0. The molecule has 6 heteroatoms. The molecule has 2 aliphatic heterocycles. The fourth-order valence-electron chi connectivity index (χ4n) is 5.19. The minimum atomic E-state index is 0.0639. The lowest BCUT2D eigenvalue weighted by atomic mass is 9.76. The highest BCUT2D eigenvalue weighted by Gasteiger charge is 2.40. The van der Waals surface area contributed by atoms with Gasteiger partial charge in [0.05, 0.1) is 18.7 Å². The van der Waals surface area contributed by atoms with Crippen LogP contribution in [0.4, 0.5) is 5.82 Å². The van der Waals surface area contributed by atoms with Gasteiger partial charge < -0.3 is 14.2 Å². The van der Waals surface area contributed by atoms with Crippen molar-refractivity contribution >= 4 is 5.82 Å². The maximum atomic E-state index is 12.9. The highest BCUT2D eigenvalue weighted by molar-refractivity contribution is 5.46. The van der Waals surface area contributed by atoms with Crippen LogP contribution in [0.2, 0.25) is 0 Å². The molecule has 1 aromatic carbocycles. The smallest absolute Gasteiger partial charge is 0.251 e. The first kappa shape index (κ1) is 19.4. The van der Waals surface area contributed by atoms with Crippen LogP contribution < -0.4 is 15.2 Å². The third kappa shape index (κ3) is 3.57. The molecule has 156 valence electrons. The van der Waals surface area contributed by atoms with E-state index in [2.05, 4.69) is 34.2 Å². The number of anilines is 1. The second kappa shape index (κ2) is 7.92. The molecule has 2 aliphatic rings. The van der Waals surface area contributed by atoms with Crippen LogP contribution in [-0.2, 0) is 6.42 Å². The van der Waals surface area contributed by atoms with Crippen molar-refractivity contribution in [3.05, 3.63) is 88.0 Å². The molecule has 31 heavy (non-hydrogen) atoms. The van der Waals surface area contributed by atoms with Crippen LogP contribution in [-0.4, -0.2) is 29.8 Å². The zero-order valence-corrected chi connectivity index (χ0v) is 17.4. The molecule has 0 amide bonds. The molecule has 1 fully saturated rings. The van der Waals surface area contributed by atoms with Crippen LogP contribution in [0.1, 0.15) is 35.2 Å². The molecule has 0 radical (unpaired) electrons. The van der Waals surface area contributed by atoms with E-state index in [1.54, 1.807) is 25.4 Å². The molecule has 4 heterocycles. The first-order chi connectivity index (χ1) is 15.2. The van der Waals surface area contributed by atoms with Crippen LogP contribution in [0.5, 0.6) is 5.75 Å². The van der Waals surface area contributed by atoms with Gasteiger partial charge in [0.2, 0.25) is 0 Å². The lowest BCUT2D eigenvalue weighted by Gasteiger charge is -2.47. The van der Waals surface area contributed by atoms with E-state index in [0.717, 1.165) is 48.8 Å². The zero-order chi connectivity index (χ0) is 21.4. The Labute approximate surface area is 181 Å². The molecule has 0 N–H and O–H groups in total. The Hall–Kier alpha value is -3.59. The Morgan fingerprint density at radius 2 is 2.03 bits per heavy atom. The largest absolute Gasteiger partial charge is 0.497 e. The monoisotopic (exact) mass is 412 g/mol. The highest BCUT2D eigenvalue weighted by Crippen LogP contribution is 2.43. The van der Waals surface area contributed by atoms with E-state index in [1.807, 2.05) is 28.8 Å². The van der Waals surface area contributed by atoms with Gasteiger partial charge in [0.1, 0.15) is 11.6 Å². The van der Waals surface area contributed by atoms with Crippen LogP contribution >= 0.6 is 0 Å². The number of piperidine rings is 1. The number of hydrogen-bond acceptors (Lipinski definition) is 5. The molecule has 5 rings (SSSR count). The Morgan fingerprint density at radius 1 is 1.16 bits per heavy atom. The Bertz CT molecular complexity index is 1210. The van der Waals surface area contributed by atoms with Gasteiger partial charge in [-0.1, -0.05) is 18.2 Å². The topological polar surface area (TPSA) is 71.2 Å². The summed E-state index contributed by atoms with van der Waals surface area (Å²) in [6, 6.07) is 19.6. The van der Waals surface area contributed by atoms with Crippen LogP contribution in [0, 0.1) is 17.2 Å². The summed E-state index contributed by atoms with van der Waals surface area (Å²) in [5, 5.41) is 9.29. The van der Waals surface area contributed by atoms with Crippen LogP contribution in [0.25, 0.3) is 0 Å². The summed E-state index contributed by atoms with van der Waals surface area (Å²) < 4.78 is 7.43. The van der Waals surface area contributed by atoms with Crippen molar-refractivity contribution in [2.75, 3.05) is 25.1 Å². The SMILES string of the molecule is COc1cccc(C[C@H]2[C@H]3C[C@H](CN(c4cc(C#N)ccn4)C3)c3cccc(=O)n32)c1. The number of nitriles is 1. The molecule has 0 spiro atoms. The lowest BCUT2D eigenvalue weighted by Crippen LogP contribution is -2.50. The van der Waals surface area contributed by atoms with E-state index < -0.39 is 0 Å². The zero-order valence-electron chi connectivity index (χ0n) is 17.4. The van der Waals surface area contributed by atoms with Crippen molar-refractivity contribution in [3.8, 4) is 11.8 Å². The Kier molecular flexibility index (Phi) is 4.95. The first-order valence-electron chi connectivity index (χ1n) is 10.6. The van der Waals surface area contributed by atoms with Gasteiger partial charge in [0.25, 0.3) is 5.56 Å². The number of methoxy groups -OCH3 is 1. The molecule has 3 atom stereocenters. The molecule has 2 aromatic heterocycles. The maximum Gasteiger partial charge on any atom is 0.251 e. The van der Waals surface area contributed by atoms with E-state index in [1.165, 1.54) is 0 Å². The minimum absolute atomic E-state index is 0.0639. The number of ether oxygens (including phenoxy) is 1. The standard InChI is InChI=1S/C25H24N4O2/c1-31-21-5-2-4-17(10-21)11-23-20-13-19(22-6-3-7-25(30)29(22)23)15-28(16-20)24-12-18(14-26)8-9-27-24/h2-10,12,19-20,23H,11,13,15-16H2,1H3/t19-,20+,23+/m1/s1. The van der Waals surface area contributed by atoms with E-state index in [-0.39, 0.29) is 17.5 Å². The van der Waals surface area contributed by atoms with E-state index in [4.69, 9.17) is 4.74 Å². The summed E-state index contributed by atoms with van der Waals surface area (Å²) in [5.74, 6) is 2.24. The van der Waals surface area contributed by atoms with Gasteiger partial charge in [-0.3, -0.25) is 4.79 Å². The average Bonchev–Trinajstić information content (AvgIpc) is 2.82. The number of fused-ring (bicyclic) bond motifs is 4. The van der Waals surface area contributed by atoms with Crippen LogP contribution in [0.15, 0.2) is 65.6 Å². The quantitative estimate of drug-likeness (QED) is 0.656. The number of pyridine rings is 2. The number of nitrogens with zero attached hydrogens (tertiary/aromatic N) is 4. The lowest BCUT2D eigenvalue weighted by molar-refractivity contribution is 0.211. The number of benzene rings is 1. The number of hydrogen-bond donors (Lipinski definition) is 0. The van der Waals surface area contributed by atoms with Gasteiger partial charge >= 0.3 is 0 Å². The van der Waals surface area contributed by atoms with E-state index >= 15 is 0 Å². The molecule has 3 aromatic rings. The summed E-state index contributed by atoms with van der Waals surface area (Å²) in [6.45, 7) is 1.61. The number of aromatic nitrogens is 2. The predicted octanol–water partition coefficient (Wildman–Crippen LogP) is 3.53. The summed E-state index contributed by atoms with van der Waals surface area (Å²) in [7, 11) is 1.67. The van der Waals surface area contributed by atoms with E-state index in [9.17, 15) is 10.1 Å². The fourth-order valence-corrected chi connectivity index (χ4v) is 5.19. The molecular formula is C25H24N4O2. The van der Waals surface area contributed by atoms with Gasteiger partial charge in [0.15, 0.2) is 0 Å². The summed E-state index contributed by atoms with van der Waals surface area (Å²) in [6.07, 6.45) is 3.52. The van der Waals surface area contributed by atoms with Crippen molar-refractivity contribution in [3.63, 3.8) is 0 Å². The molecule has 2 bridgehead atoms. The van der Waals surface area contributed by atoms with Crippen molar-refractivity contribution in [1.82, 2.24) is 9.55 Å². The Morgan fingerprint density at radius 3 is 2.87 bits per heavy atom.